The van der Waals surface area contributed by atoms with Gasteiger partial charge in [0.15, 0.2) is 5.78 Å². The fourth-order valence-corrected chi connectivity index (χ4v) is 5.13. The summed E-state index contributed by atoms with van der Waals surface area (Å²) in [7, 11) is 1.31. The molecule has 1 aliphatic heterocycles. The van der Waals surface area contributed by atoms with Gasteiger partial charge in [-0.05, 0) is 43.5 Å². The van der Waals surface area contributed by atoms with E-state index in [-0.39, 0.29) is 18.9 Å². The number of carbonyl (C=O) groups is 3. The van der Waals surface area contributed by atoms with Crippen LogP contribution in [0.25, 0.3) is 10.9 Å². The molecule has 5 rings (SSSR count). The number of fused-ring (bicyclic) bond motifs is 1. The Balaban J connectivity index is 1.34. The molecule has 0 radical (unpaired) electrons. The molecule has 0 unspecified atom stereocenters. The third kappa shape index (κ3) is 4.81. The van der Waals surface area contributed by atoms with Crippen LogP contribution in [0.3, 0.4) is 0 Å². The maximum absolute atomic E-state index is 14.9. The van der Waals surface area contributed by atoms with E-state index >= 15 is 0 Å². The average Bonchev–Trinajstić information content (AvgIpc) is 3.45. The highest BCUT2D eigenvalue weighted by atomic mass is 35.5. The number of likely N-dealkylation sites (tertiary alicyclic amines) is 1. The highest BCUT2D eigenvalue weighted by molar-refractivity contribution is 6.30. The Kier molecular flexibility index (Phi) is 6.68. The molecule has 1 saturated heterocycles. The number of para-hydroxylation sites is 1. The van der Waals surface area contributed by atoms with Crippen molar-refractivity contribution in [2.24, 2.45) is 0 Å². The Bertz CT molecular complexity index is 1350. The number of Topliss-reactive ketones (excluding diaryl/α,β-unsaturated/α-hetero) is 1. The van der Waals surface area contributed by atoms with Gasteiger partial charge in [-0.15, -0.1) is 0 Å². The smallest absolute Gasteiger partial charge is 0.409 e. The second-order valence-electron chi connectivity index (χ2n) is 9.52. The van der Waals surface area contributed by atoms with Crippen molar-refractivity contribution >= 4 is 40.3 Å². The zero-order chi connectivity index (χ0) is 26.3. The van der Waals surface area contributed by atoms with Crippen LogP contribution in [0.1, 0.15) is 35.7 Å². The number of alkyl halides is 1. The van der Waals surface area contributed by atoms with E-state index in [9.17, 15) is 18.8 Å². The van der Waals surface area contributed by atoms with Crippen LogP contribution in [0.2, 0.25) is 5.02 Å². The predicted molar refractivity (Wildman–Crippen MR) is 135 cm³/mol. The highest BCUT2D eigenvalue weighted by Gasteiger charge is 2.50. The summed E-state index contributed by atoms with van der Waals surface area (Å²) in [5, 5.41) is 4.19. The van der Waals surface area contributed by atoms with Crippen LogP contribution >= 0.6 is 11.6 Å². The molecule has 2 fully saturated rings. The lowest BCUT2D eigenvalue weighted by molar-refractivity contribution is -0.143. The number of alkyl carbamates (subject to hydrolysis) is 1. The van der Waals surface area contributed by atoms with Crippen LogP contribution in [0, 0.1) is 0 Å². The van der Waals surface area contributed by atoms with E-state index in [1.807, 2.05) is 36.4 Å². The Labute approximate surface area is 218 Å². The average molecular weight is 528 g/mol. The second kappa shape index (κ2) is 9.79. The molecule has 10 heteroatoms. The van der Waals surface area contributed by atoms with Gasteiger partial charge in [0.1, 0.15) is 18.8 Å². The molecule has 1 aliphatic carbocycles. The van der Waals surface area contributed by atoms with Crippen LogP contribution in [0.15, 0.2) is 54.7 Å². The molecule has 1 saturated carbocycles. The maximum atomic E-state index is 14.9. The SMILES string of the molecule is CO[C@@H]1[C@@H](F)CN(C(=O)Cn2cc(C(C)=O)c3ccccc32)[C@H]1OC(=O)NC1(c2ccc(Cl)cc2)CC1. The number of rotatable bonds is 7. The Hall–Kier alpha value is -3.43. The number of methoxy groups -OCH3 is 1. The van der Waals surface area contributed by atoms with E-state index in [4.69, 9.17) is 21.1 Å². The summed E-state index contributed by atoms with van der Waals surface area (Å²) in [5.41, 5.74) is 1.50. The molecule has 1 aromatic heterocycles. The summed E-state index contributed by atoms with van der Waals surface area (Å²) >= 11 is 5.98. The quantitative estimate of drug-likeness (QED) is 0.459. The fourth-order valence-electron chi connectivity index (χ4n) is 5.00. The van der Waals surface area contributed by atoms with Gasteiger partial charge >= 0.3 is 6.09 Å². The molecule has 3 atom stereocenters. The van der Waals surface area contributed by atoms with Crippen molar-refractivity contribution in [1.82, 2.24) is 14.8 Å². The van der Waals surface area contributed by atoms with Crippen LogP contribution in [-0.4, -0.2) is 59.4 Å². The van der Waals surface area contributed by atoms with E-state index in [2.05, 4.69) is 5.32 Å². The van der Waals surface area contributed by atoms with Crippen molar-refractivity contribution < 1.29 is 28.2 Å². The summed E-state index contributed by atoms with van der Waals surface area (Å²) in [6.45, 7) is 1.02. The summed E-state index contributed by atoms with van der Waals surface area (Å²) in [6.07, 6.45) is -1.63. The minimum atomic E-state index is -1.54. The van der Waals surface area contributed by atoms with E-state index in [1.165, 1.54) is 18.9 Å². The molecule has 194 valence electrons. The largest absolute Gasteiger partial charge is 0.422 e. The number of ketones is 1. The van der Waals surface area contributed by atoms with Gasteiger partial charge in [0.2, 0.25) is 12.1 Å². The Morgan fingerprint density at radius 2 is 1.84 bits per heavy atom. The summed E-state index contributed by atoms with van der Waals surface area (Å²) in [4.78, 5) is 39.6. The van der Waals surface area contributed by atoms with Crippen molar-refractivity contribution in [3.8, 4) is 0 Å². The molecule has 2 aromatic carbocycles. The van der Waals surface area contributed by atoms with E-state index in [1.54, 1.807) is 22.9 Å². The number of nitrogens with one attached hydrogen (secondary N) is 1. The number of carbonyl (C=O) groups excluding carboxylic acids is 3. The van der Waals surface area contributed by atoms with Crippen molar-refractivity contribution in [2.45, 2.75) is 50.4 Å². The van der Waals surface area contributed by atoms with Gasteiger partial charge in [0.25, 0.3) is 0 Å². The molecular weight excluding hydrogens is 501 g/mol. The van der Waals surface area contributed by atoms with Crippen molar-refractivity contribution in [3.05, 3.63) is 70.9 Å². The van der Waals surface area contributed by atoms with Crippen molar-refractivity contribution in [1.29, 1.82) is 0 Å². The number of halogens is 2. The Morgan fingerprint density at radius 1 is 1.14 bits per heavy atom. The monoisotopic (exact) mass is 527 g/mol. The lowest BCUT2D eigenvalue weighted by atomic mass is 10.1. The van der Waals surface area contributed by atoms with Crippen LogP contribution in [0.4, 0.5) is 9.18 Å². The molecule has 37 heavy (non-hydrogen) atoms. The molecule has 8 nitrogen and oxygen atoms in total. The number of hydrogen-bond acceptors (Lipinski definition) is 5. The molecule has 2 aliphatic rings. The van der Waals surface area contributed by atoms with Gasteiger partial charge in [0.05, 0.1) is 12.1 Å². The first-order valence-electron chi connectivity index (χ1n) is 12.0. The predicted octanol–water partition coefficient (Wildman–Crippen LogP) is 4.43. The van der Waals surface area contributed by atoms with E-state index in [0.717, 1.165) is 23.8 Å². The lowest BCUT2D eigenvalue weighted by Crippen LogP contribution is -2.47. The van der Waals surface area contributed by atoms with E-state index in [0.29, 0.717) is 16.1 Å². The van der Waals surface area contributed by atoms with Gasteiger partial charge in [-0.2, -0.15) is 0 Å². The zero-order valence-corrected chi connectivity index (χ0v) is 21.2. The molecule has 2 heterocycles. The molecule has 1 N–H and O–H groups in total. The molecular formula is C27H27ClFN3O5. The van der Waals surface area contributed by atoms with Crippen molar-refractivity contribution in [2.75, 3.05) is 13.7 Å². The number of nitrogens with zero attached hydrogens (tertiary/aromatic N) is 2. The first-order chi connectivity index (χ1) is 17.7. The third-order valence-electron chi connectivity index (χ3n) is 7.10. The standard InChI is InChI=1S/C27H27ClFN3O5/c1-16(33)20-13-31(22-6-4-3-5-19(20)22)15-23(34)32-14-21(29)24(36-2)25(32)37-26(35)30-27(11-12-27)17-7-9-18(28)10-8-17/h3-10,13,21,24-25H,11-12,14-15H2,1-2H3,(H,30,35)/t21-,24+,25-/m0/s1. The minimum absolute atomic E-state index is 0.126. The van der Waals surface area contributed by atoms with Gasteiger partial charge in [-0.1, -0.05) is 41.9 Å². The first-order valence-corrected chi connectivity index (χ1v) is 12.4. The molecule has 0 spiro atoms. The minimum Gasteiger partial charge on any atom is -0.422 e. The first kappa shape index (κ1) is 25.2. The maximum Gasteiger partial charge on any atom is 0.409 e. The number of ether oxygens (including phenoxy) is 2. The van der Waals surface area contributed by atoms with Gasteiger partial charge in [0, 0.05) is 34.8 Å². The van der Waals surface area contributed by atoms with Gasteiger partial charge < -0.3 is 24.3 Å². The third-order valence-corrected chi connectivity index (χ3v) is 7.35. The van der Waals surface area contributed by atoms with Crippen LogP contribution in [0.5, 0.6) is 0 Å². The second-order valence-corrected chi connectivity index (χ2v) is 9.95. The number of benzene rings is 2. The fraction of sp³-hybridized carbons (Fsp3) is 0.370. The number of amides is 2. The van der Waals surface area contributed by atoms with Crippen LogP contribution < -0.4 is 5.32 Å². The van der Waals surface area contributed by atoms with Crippen LogP contribution in [-0.2, 0) is 26.4 Å². The topological polar surface area (TPSA) is 89.9 Å². The summed E-state index contributed by atoms with van der Waals surface area (Å²) < 4.78 is 27.4. The molecule has 0 bridgehead atoms. The van der Waals surface area contributed by atoms with Gasteiger partial charge in [-0.3, -0.25) is 9.59 Å². The Morgan fingerprint density at radius 3 is 2.49 bits per heavy atom. The van der Waals surface area contributed by atoms with Crippen molar-refractivity contribution in [3.63, 3.8) is 0 Å². The zero-order valence-electron chi connectivity index (χ0n) is 20.4. The normalized spacial score (nSPS) is 22.2. The lowest BCUT2D eigenvalue weighted by Gasteiger charge is -2.28. The molecule has 3 aromatic rings. The van der Waals surface area contributed by atoms with Gasteiger partial charge in [-0.25, -0.2) is 9.18 Å². The molecule has 2 amide bonds. The highest BCUT2D eigenvalue weighted by Crippen LogP contribution is 2.46. The number of aromatic nitrogens is 1. The number of hydrogen-bond donors (Lipinski definition) is 1. The summed E-state index contributed by atoms with van der Waals surface area (Å²) in [6, 6.07) is 14.4. The van der Waals surface area contributed by atoms with E-state index < -0.39 is 36.0 Å². The summed E-state index contributed by atoms with van der Waals surface area (Å²) in [5.74, 6) is -0.589.